The van der Waals surface area contributed by atoms with E-state index in [0.29, 0.717) is 30.3 Å². The Morgan fingerprint density at radius 3 is 2.38 bits per heavy atom. The molecule has 1 aliphatic rings. The lowest BCUT2D eigenvalue weighted by atomic mass is 10.2. The van der Waals surface area contributed by atoms with Crippen molar-refractivity contribution in [2.75, 3.05) is 18.4 Å². The second-order valence-electron chi connectivity index (χ2n) is 6.35. The van der Waals surface area contributed by atoms with E-state index in [9.17, 15) is 8.42 Å². The average Bonchev–Trinajstić information content (AvgIpc) is 3.22. The highest BCUT2D eigenvalue weighted by Gasteiger charge is 2.26. The molecule has 0 amide bonds. The molecule has 1 saturated heterocycles. The third-order valence-corrected chi connectivity index (χ3v) is 6.46. The Balaban J connectivity index is 1.45. The fourth-order valence-corrected chi connectivity index (χ4v) is 4.61. The van der Waals surface area contributed by atoms with E-state index in [4.69, 9.17) is 0 Å². The van der Waals surface area contributed by atoms with Gasteiger partial charge < -0.3 is 5.32 Å². The number of nitrogens with one attached hydrogen (secondary N) is 1. The van der Waals surface area contributed by atoms with Crippen molar-refractivity contribution >= 4 is 26.9 Å². The lowest BCUT2D eigenvalue weighted by Gasteiger charge is -2.15. The highest BCUT2D eigenvalue weighted by atomic mass is 32.2. The summed E-state index contributed by atoms with van der Waals surface area (Å²) in [4.78, 5) is 9.25. The van der Waals surface area contributed by atoms with Gasteiger partial charge in [-0.15, -0.1) is 0 Å². The van der Waals surface area contributed by atoms with Crippen LogP contribution in [0.25, 0.3) is 11.0 Å². The zero-order chi connectivity index (χ0) is 18.0. The second-order valence-corrected chi connectivity index (χ2v) is 8.29. The first-order valence-electron chi connectivity index (χ1n) is 8.68. The minimum Gasteiger partial charge on any atom is -0.365 e. The summed E-state index contributed by atoms with van der Waals surface area (Å²) < 4.78 is 26.6. The van der Waals surface area contributed by atoms with Crippen LogP contribution in [0.15, 0.2) is 59.6 Å². The van der Waals surface area contributed by atoms with Gasteiger partial charge in [-0.05, 0) is 42.7 Å². The summed E-state index contributed by atoms with van der Waals surface area (Å²) in [6.07, 6.45) is 3.58. The van der Waals surface area contributed by atoms with E-state index in [1.165, 1.54) is 0 Å². The minimum absolute atomic E-state index is 0.355. The molecule has 6 nitrogen and oxygen atoms in total. The number of sulfonamides is 1. The number of para-hydroxylation sites is 2. The molecule has 0 atom stereocenters. The number of aromatic nitrogens is 2. The maximum absolute atomic E-state index is 12.5. The summed E-state index contributed by atoms with van der Waals surface area (Å²) in [6.45, 7) is 1.79. The number of fused-ring (bicyclic) bond motifs is 1. The second kappa shape index (κ2) is 7.01. The van der Waals surface area contributed by atoms with Crippen LogP contribution in [0, 0.1) is 0 Å². The van der Waals surface area contributed by atoms with Gasteiger partial charge in [-0.3, -0.25) is 4.98 Å². The molecule has 3 aromatic rings. The van der Waals surface area contributed by atoms with Gasteiger partial charge in [-0.2, -0.15) is 4.31 Å². The highest BCUT2D eigenvalue weighted by molar-refractivity contribution is 7.89. The van der Waals surface area contributed by atoms with Crippen LogP contribution in [0.4, 0.5) is 5.82 Å². The number of rotatable bonds is 5. The zero-order valence-corrected chi connectivity index (χ0v) is 15.1. The Labute approximate surface area is 152 Å². The third kappa shape index (κ3) is 3.40. The topological polar surface area (TPSA) is 75.2 Å². The van der Waals surface area contributed by atoms with Crippen molar-refractivity contribution in [3.63, 3.8) is 0 Å². The van der Waals surface area contributed by atoms with Crippen LogP contribution in [0.2, 0.25) is 0 Å². The van der Waals surface area contributed by atoms with Crippen molar-refractivity contribution < 1.29 is 8.42 Å². The van der Waals surface area contributed by atoms with Crippen molar-refractivity contribution in [3.8, 4) is 0 Å². The van der Waals surface area contributed by atoms with Gasteiger partial charge in [0.2, 0.25) is 10.0 Å². The summed E-state index contributed by atoms with van der Waals surface area (Å²) >= 11 is 0. The van der Waals surface area contributed by atoms with E-state index in [2.05, 4.69) is 15.3 Å². The molecule has 0 unspecified atom stereocenters. The molecule has 1 aliphatic heterocycles. The van der Waals surface area contributed by atoms with E-state index < -0.39 is 10.0 Å². The Morgan fingerprint density at radius 1 is 0.962 bits per heavy atom. The van der Waals surface area contributed by atoms with Crippen molar-refractivity contribution in [2.24, 2.45) is 0 Å². The molecule has 26 heavy (non-hydrogen) atoms. The molecular weight excluding hydrogens is 348 g/mol. The van der Waals surface area contributed by atoms with Crippen LogP contribution < -0.4 is 5.32 Å². The van der Waals surface area contributed by atoms with Gasteiger partial charge in [0.1, 0.15) is 5.82 Å². The van der Waals surface area contributed by atoms with Crippen molar-refractivity contribution in [1.82, 2.24) is 14.3 Å². The molecule has 1 fully saturated rings. The number of anilines is 1. The maximum Gasteiger partial charge on any atom is 0.243 e. The van der Waals surface area contributed by atoms with Crippen LogP contribution in [-0.4, -0.2) is 35.8 Å². The quantitative estimate of drug-likeness (QED) is 0.749. The van der Waals surface area contributed by atoms with E-state index in [1.54, 1.807) is 22.6 Å². The monoisotopic (exact) mass is 368 g/mol. The predicted molar refractivity (Wildman–Crippen MR) is 101 cm³/mol. The summed E-state index contributed by atoms with van der Waals surface area (Å²) in [5, 5.41) is 3.23. The first kappa shape index (κ1) is 16.9. The zero-order valence-electron chi connectivity index (χ0n) is 14.3. The maximum atomic E-state index is 12.5. The average molecular weight is 368 g/mol. The number of benzene rings is 2. The third-order valence-electron chi connectivity index (χ3n) is 4.55. The van der Waals surface area contributed by atoms with Crippen LogP contribution in [0.3, 0.4) is 0 Å². The van der Waals surface area contributed by atoms with Crippen molar-refractivity contribution in [1.29, 1.82) is 0 Å². The van der Waals surface area contributed by atoms with Crippen LogP contribution >= 0.6 is 0 Å². The molecule has 0 radical (unpaired) electrons. The molecule has 0 saturated carbocycles. The van der Waals surface area contributed by atoms with Crippen LogP contribution in [-0.2, 0) is 16.6 Å². The highest BCUT2D eigenvalue weighted by Crippen LogP contribution is 2.21. The molecule has 2 heterocycles. The minimum atomic E-state index is -3.36. The summed E-state index contributed by atoms with van der Waals surface area (Å²) in [6, 6.07) is 14.7. The summed E-state index contributed by atoms with van der Waals surface area (Å²) in [5.74, 6) is 0.692. The lowest BCUT2D eigenvalue weighted by molar-refractivity contribution is 0.477. The van der Waals surface area contributed by atoms with Crippen molar-refractivity contribution in [3.05, 3.63) is 60.3 Å². The first-order valence-corrected chi connectivity index (χ1v) is 10.1. The molecular formula is C19H20N4O2S. The molecule has 4 rings (SSSR count). The SMILES string of the molecule is O=S(=O)(c1ccc(CNc2cnc3ccccc3n2)cc1)N1CCCC1. The molecule has 1 N–H and O–H groups in total. The molecule has 0 aliphatic carbocycles. The Bertz CT molecular complexity index is 1010. The molecule has 1 aromatic heterocycles. The van der Waals surface area contributed by atoms with Gasteiger partial charge in [-0.25, -0.2) is 13.4 Å². The van der Waals surface area contributed by atoms with E-state index in [0.717, 1.165) is 29.4 Å². The van der Waals surface area contributed by atoms with Gasteiger partial charge in [0, 0.05) is 19.6 Å². The van der Waals surface area contributed by atoms with Crippen LogP contribution in [0.1, 0.15) is 18.4 Å². The molecule has 134 valence electrons. The largest absolute Gasteiger partial charge is 0.365 e. The van der Waals surface area contributed by atoms with Crippen LogP contribution in [0.5, 0.6) is 0 Å². The summed E-state index contributed by atoms with van der Waals surface area (Å²) in [5.41, 5.74) is 2.68. The van der Waals surface area contributed by atoms with Gasteiger partial charge in [0.05, 0.1) is 22.1 Å². The fourth-order valence-electron chi connectivity index (χ4n) is 3.09. The van der Waals surface area contributed by atoms with Crippen molar-refractivity contribution in [2.45, 2.75) is 24.3 Å². The number of hydrogen-bond acceptors (Lipinski definition) is 5. The van der Waals surface area contributed by atoms with E-state index in [1.807, 2.05) is 36.4 Å². The fraction of sp³-hybridized carbons (Fsp3) is 0.263. The van der Waals surface area contributed by atoms with E-state index in [-0.39, 0.29) is 0 Å². The smallest absolute Gasteiger partial charge is 0.243 e. The van der Waals surface area contributed by atoms with Gasteiger partial charge in [-0.1, -0.05) is 24.3 Å². The molecule has 0 bridgehead atoms. The van der Waals surface area contributed by atoms with Gasteiger partial charge in [0.25, 0.3) is 0 Å². The van der Waals surface area contributed by atoms with Gasteiger partial charge in [0.15, 0.2) is 0 Å². The van der Waals surface area contributed by atoms with Gasteiger partial charge >= 0.3 is 0 Å². The predicted octanol–water partition coefficient (Wildman–Crippen LogP) is 3.03. The first-order chi connectivity index (χ1) is 12.6. The standard InChI is InChI=1S/C19H20N4O2S/c24-26(25,23-11-3-4-12-23)16-9-7-15(8-10-16)13-21-19-14-20-17-5-1-2-6-18(17)22-19/h1-2,5-10,14H,3-4,11-13H2,(H,21,22). The van der Waals surface area contributed by atoms with E-state index >= 15 is 0 Å². The number of hydrogen-bond donors (Lipinski definition) is 1. The normalized spacial score (nSPS) is 15.4. The Hall–Kier alpha value is -2.51. The summed E-state index contributed by atoms with van der Waals surface area (Å²) in [7, 11) is -3.36. The molecule has 2 aromatic carbocycles. The molecule has 7 heteroatoms. The molecule has 0 spiro atoms. The lowest BCUT2D eigenvalue weighted by Crippen LogP contribution is -2.27. The number of nitrogens with zero attached hydrogens (tertiary/aromatic N) is 3. The Kier molecular flexibility index (Phi) is 4.57. The Morgan fingerprint density at radius 2 is 1.65 bits per heavy atom.